The number of carbonyl (C=O) groups excluding carboxylic acids is 1. The maximum absolute atomic E-state index is 12.4. The third-order valence-corrected chi connectivity index (χ3v) is 3.93. The Hall–Kier alpha value is -1.36. The second kappa shape index (κ2) is 5.74. The van der Waals surface area contributed by atoms with Gasteiger partial charge in [-0.1, -0.05) is 0 Å². The zero-order chi connectivity index (χ0) is 14.0. The van der Waals surface area contributed by atoms with Gasteiger partial charge in [0.1, 0.15) is 0 Å². The summed E-state index contributed by atoms with van der Waals surface area (Å²) in [4.78, 5) is 25.2. The molecule has 1 saturated carbocycles. The first-order chi connectivity index (χ1) is 9.00. The second-order valence-electron chi connectivity index (χ2n) is 5.47. The molecule has 1 heterocycles. The van der Waals surface area contributed by atoms with Gasteiger partial charge in [0.15, 0.2) is 0 Å². The molecule has 2 fully saturated rings. The molecular formula is C14H21NO4. The lowest BCUT2D eigenvalue weighted by Gasteiger charge is -2.26. The summed E-state index contributed by atoms with van der Waals surface area (Å²) < 4.78 is 5.34. The molecule has 0 spiro atoms. The quantitative estimate of drug-likeness (QED) is 0.765. The zero-order valence-electron chi connectivity index (χ0n) is 11.5. The van der Waals surface area contributed by atoms with Gasteiger partial charge in [0.2, 0.25) is 5.91 Å². The first-order valence-corrected chi connectivity index (χ1v) is 6.80. The van der Waals surface area contributed by atoms with Crippen molar-refractivity contribution in [1.82, 2.24) is 4.90 Å². The molecule has 19 heavy (non-hydrogen) atoms. The van der Waals surface area contributed by atoms with Crippen LogP contribution in [0.3, 0.4) is 0 Å². The standard InChI is InChI=1S/C14H21NO4/c1-9(10(2)14(17)18)13(16)15(12-3-4-12)7-11-5-6-19-8-11/h11-12H,3-8H2,1-2H3,(H,17,18). The highest BCUT2D eigenvalue weighted by atomic mass is 16.5. The number of rotatable bonds is 5. The average molecular weight is 267 g/mol. The Balaban J connectivity index is 2.08. The smallest absolute Gasteiger partial charge is 0.331 e. The Kier molecular flexibility index (Phi) is 4.24. The third kappa shape index (κ3) is 3.35. The first kappa shape index (κ1) is 14.1. The summed E-state index contributed by atoms with van der Waals surface area (Å²) in [6, 6.07) is 0.296. The number of carbonyl (C=O) groups is 2. The van der Waals surface area contributed by atoms with Crippen molar-refractivity contribution in [2.24, 2.45) is 5.92 Å². The minimum atomic E-state index is -1.02. The average Bonchev–Trinajstić information content (AvgIpc) is 3.10. The number of hydrogen-bond acceptors (Lipinski definition) is 3. The van der Waals surface area contributed by atoms with Gasteiger partial charge in [-0.3, -0.25) is 4.79 Å². The summed E-state index contributed by atoms with van der Waals surface area (Å²) >= 11 is 0. The van der Waals surface area contributed by atoms with Crippen molar-refractivity contribution >= 4 is 11.9 Å². The molecule has 5 nitrogen and oxygen atoms in total. The van der Waals surface area contributed by atoms with Gasteiger partial charge in [0, 0.05) is 36.3 Å². The molecule has 1 saturated heterocycles. The van der Waals surface area contributed by atoms with Crippen molar-refractivity contribution < 1.29 is 19.4 Å². The van der Waals surface area contributed by atoms with Crippen LogP contribution in [0.2, 0.25) is 0 Å². The van der Waals surface area contributed by atoms with E-state index in [0.717, 1.165) is 25.9 Å². The summed E-state index contributed by atoms with van der Waals surface area (Å²) in [6.45, 7) is 5.25. The molecule has 0 aromatic heterocycles. The number of carboxylic acids is 1. The fourth-order valence-corrected chi connectivity index (χ4v) is 2.33. The van der Waals surface area contributed by atoms with Crippen LogP contribution < -0.4 is 0 Å². The molecule has 5 heteroatoms. The van der Waals surface area contributed by atoms with Crippen LogP contribution in [0, 0.1) is 5.92 Å². The Bertz CT molecular complexity index is 406. The highest BCUT2D eigenvalue weighted by molar-refractivity contribution is 6.01. The lowest BCUT2D eigenvalue weighted by Crippen LogP contribution is -2.38. The van der Waals surface area contributed by atoms with Crippen molar-refractivity contribution in [2.45, 2.75) is 39.2 Å². The number of ether oxygens (including phenoxy) is 1. The topological polar surface area (TPSA) is 66.8 Å². The molecule has 2 rings (SSSR count). The summed E-state index contributed by atoms with van der Waals surface area (Å²) in [5.41, 5.74) is 0.483. The Labute approximate surface area is 113 Å². The fourth-order valence-electron chi connectivity index (χ4n) is 2.33. The molecule has 1 aliphatic carbocycles. The number of carboxylic acid groups (broad SMARTS) is 1. The van der Waals surface area contributed by atoms with E-state index in [0.29, 0.717) is 30.7 Å². The van der Waals surface area contributed by atoms with Gasteiger partial charge in [-0.25, -0.2) is 4.79 Å². The van der Waals surface area contributed by atoms with E-state index in [1.54, 1.807) is 6.92 Å². The third-order valence-electron chi connectivity index (χ3n) is 3.93. The van der Waals surface area contributed by atoms with Crippen molar-refractivity contribution in [3.05, 3.63) is 11.1 Å². The molecular weight excluding hydrogens is 246 g/mol. The van der Waals surface area contributed by atoms with Crippen molar-refractivity contribution in [3.63, 3.8) is 0 Å². The van der Waals surface area contributed by atoms with Crippen molar-refractivity contribution in [3.8, 4) is 0 Å². The lowest BCUT2D eigenvalue weighted by atomic mass is 10.1. The van der Waals surface area contributed by atoms with E-state index in [4.69, 9.17) is 9.84 Å². The maximum atomic E-state index is 12.4. The van der Waals surface area contributed by atoms with E-state index in [-0.39, 0.29) is 11.5 Å². The minimum Gasteiger partial charge on any atom is -0.478 e. The van der Waals surface area contributed by atoms with Crippen molar-refractivity contribution in [2.75, 3.05) is 19.8 Å². The van der Waals surface area contributed by atoms with Gasteiger partial charge in [0.25, 0.3) is 0 Å². The van der Waals surface area contributed by atoms with Gasteiger partial charge in [-0.2, -0.15) is 0 Å². The van der Waals surface area contributed by atoms with Crippen LogP contribution in [-0.2, 0) is 14.3 Å². The van der Waals surface area contributed by atoms with Crippen LogP contribution in [0.15, 0.2) is 11.1 Å². The van der Waals surface area contributed by atoms with E-state index in [1.165, 1.54) is 6.92 Å². The van der Waals surface area contributed by atoms with Crippen molar-refractivity contribution in [1.29, 1.82) is 0 Å². The predicted molar refractivity (Wildman–Crippen MR) is 69.7 cm³/mol. The molecule has 0 aromatic rings. The molecule has 0 bridgehead atoms. The number of nitrogens with zero attached hydrogens (tertiary/aromatic N) is 1. The highest BCUT2D eigenvalue weighted by Gasteiger charge is 2.35. The molecule has 1 unspecified atom stereocenters. The van der Waals surface area contributed by atoms with Gasteiger partial charge in [0.05, 0.1) is 6.61 Å². The number of amides is 1. The van der Waals surface area contributed by atoms with Gasteiger partial charge in [-0.15, -0.1) is 0 Å². The molecule has 0 aromatic carbocycles. The summed E-state index contributed by atoms with van der Waals surface area (Å²) in [6.07, 6.45) is 3.04. The molecule has 1 N–H and O–H groups in total. The second-order valence-corrected chi connectivity index (χ2v) is 5.47. The summed E-state index contributed by atoms with van der Waals surface area (Å²) in [5.74, 6) is -0.761. The largest absolute Gasteiger partial charge is 0.478 e. The van der Waals surface area contributed by atoms with Crippen LogP contribution in [-0.4, -0.2) is 47.7 Å². The summed E-state index contributed by atoms with van der Waals surface area (Å²) in [5, 5.41) is 8.97. The Morgan fingerprint density at radius 3 is 2.37 bits per heavy atom. The van der Waals surface area contributed by atoms with Gasteiger partial charge < -0.3 is 14.7 Å². The normalized spacial score (nSPS) is 24.0. The Morgan fingerprint density at radius 2 is 1.89 bits per heavy atom. The van der Waals surface area contributed by atoms with E-state index in [9.17, 15) is 9.59 Å². The SMILES string of the molecule is CC(C(=O)O)=C(C)C(=O)N(CC1CCOC1)C1CC1. The molecule has 1 amide bonds. The van der Waals surface area contributed by atoms with Gasteiger partial charge in [-0.05, 0) is 33.1 Å². The van der Waals surface area contributed by atoms with Crippen LogP contribution in [0.1, 0.15) is 33.1 Å². The first-order valence-electron chi connectivity index (χ1n) is 6.80. The van der Waals surface area contributed by atoms with Crippen LogP contribution >= 0.6 is 0 Å². The number of hydrogen-bond donors (Lipinski definition) is 1. The van der Waals surface area contributed by atoms with Crippen LogP contribution in [0.4, 0.5) is 0 Å². The van der Waals surface area contributed by atoms with E-state index >= 15 is 0 Å². The van der Waals surface area contributed by atoms with E-state index in [1.807, 2.05) is 4.90 Å². The highest BCUT2D eigenvalue weighted by Crippen LogP contribution is 2.30. The van der Waals surface area contributed by atoms with E-state index < -0.39 is 5.97 Å². The molecule has 0 radical (unpaired) electrons. The van der Waals surface area contributed by atoms with Gasteiger partial charge >= 0.3 is 5.97 Å². The van der Waals surface area contributed by atoms with Crippen LogP contribution in [0.5, 0.6) is 0 Å². The number of aliphatic carboxylic acids is 1. The predicted octanol–water partition coefficient (Wildman–Crippen LogP) is 1.43. The van der Waals surface area contributed by atoms with E-state index in [2.05, 4.69) is 0 Å². The van der Waals surface area contributed by atoms with Crippen LogP contribution in [0.25, 0.3) is 0 Å². The molecule has 1 atom stereocenters. The maximum Gasteiger partial charge on any atom is 0.331 e. The molecule has 2 aliphatic rings. The lowest BCUT2D eigenvalue weighted by molar-refractivity contribution is -0.134. The molecule has 106 valence electrons. The molecule has 1 aliphatic heterocycles. The zero-order valence-corrected chi connectivity index (χ0v) is 11.5. The monoisotopic (exact) mass is 267 g/mol. The minimum absolute atomic E-state index is 0.130. The fraction of sp³-hybridized carbons (Fsp3) is 0.714. The summed E-state index contributed by atoms with van der Waals surface area (Å²) in [7, 11) is 0. The Morgan fingerprint density at radius 1 is 1.21 bits per heavy atom.